The molecule has 0 radical (unpaired) electrons. The Balaban J connectivity index is 1.42. The lowest BCUT2D eigenvalue weighted by Crippen LogP contribution is -2.13. The molecule has 42 heavy (non-hydrogen) atoms. The number of hydrogen-bond acceptors (Lipinski definition) is 7. The minimum atomic E-state index is -0.569. The number of anilines is 1. The number of rotatable bonds is 11. The van der Waals surface area contributed by atoms with Gasteiger partial charge in [0.05, 0.1) is 15.6 Å². The Hall–Kier alpha value is -4.41. The smallest absolute Gasteiger partial charge is 0.269 e. The molecule has 0 aliphatic rings. The molecule has 0 fully saturated rings. The highest BCUT2D eigenvalue weighted by atomic mass is 127. The van der Waals surface area contributed by atoms with E-state index in [9.17, 15) is 20.2 Å². The van der Waals surface area contributed by atoms with E-state index in [0.717, 1.165) is 10.0 Å². The molecule has 4 aromatic rings. The molecule has 9 nitrogen and oxygen atoms in total. The van der Waals surface area contributed by atoms with E-state index in [1.807, 2.05) is 30.3 Å². The van der Waals surface area contributed by atoms with Gasteiger partial charge in [0.15, 0.2) is 11.5 Å². The van der Waals surface area contributed by atoms with Gasteiger partial charge in [-0.15, -0.1) is 0 Å². The van der Waals surface area contributed by atoms with Crippen LogP contribution >= 0.6 is 38.5 Å². The molecule has 0 spiro atoms. The van der Waals surface area contributed by atoms with Crippen LogP contribution in [-0.4, -0.2) is 17.9 Å². The SMILES string of the molecule is COc1cc(/C=C(\C#N)C(=O)Nc2ccc(OCc3ccc(Br)cc3)cc2)cc(I)c1OCc1cccc([N+](=O)[O-])c1. The van der Waals surface area contributed by atoms with Crippen molar-refractivity contribution in [2.75, 3.05) is 12.4 Å². The number of amides is 1. The molecule has 11 heteroatoms. The van der Waals surface area contributed by atoms with E-state index in [-0.39, 0.29) is 17.9 Å². The molecule has 0 heterocycles. The third-order valence-electron chi connectivity index (χ3n) is 5.86. The zero-order valence-corrected chi connectivity index (χ0v) is 25.9. The third-order valence-corrected chi connectivity index (χ3v) is 7.19. The molecule has 212 valence electrons. The van der Waals surface area contributed by atoms with Crippen LogP contribution in [0.5, 0.6) is 17.2 Å². The summed E-state index contributed by atoms with van der Waals surface area (Å²) in [7, 11) is 1.48. The molecule has 1 N–H and O–H groups in total. The third kappa shape index (κ3) is 8.31. The highest BCUT2D eigenvalue weighted by molar-refractivity contribution is 14.1. The molecule has 0 bridgehead atoms. The summed E-state index contributed by atoms with van der Waals surface area (Å²) < 4.78 is 18.9. The fraction of sp³-hybridized carbons (Fsp3) is 0.0968. The Kier molecular flexibility index (Phi) is 10.5. The predicted octanol–water partition coefficient (Wildman–Crippen LogP) is 7.67. The van der Waals surface area contributed by atoms with Crippen molar-refractivity contribution in [1.82, 2.24) is 0 Å². The zero-order valence-electron chi connectivity index (χ0n) is 22.2. The van der Waals surface area contributed by atoms with E-state index in [1.54, 1.807) is 48.5 Å². The second-order valence-corrected chi connectivity index (χ2v) is 10.9. The van der Waals surface area contributed by atoms with Gasteiger partial charge in [0.1, 0.15) is 30.6 Å². The molecule has 0 unspecified atom stereocenters. The Labute approximate surface area is 264 Å². The van der Waals surface area contributed by atoms with Crippen LogP contribution in [0.2, 0.25) is 0 Å². The van der Waals surface area contributed by atoms with Crippen molar-refractivity contribution in [3.8, 4) is 23.3 Å². The summed E-state index contributed by atoms with van der Waals surface area (Å²) in [5.41, 5.74) is 2.58. The maximum Gasteiger partial charge on any atom is 0.269 e. The van der Waals surface area contributed by atoms with Crippen LogP contribution in [0.15, 0.2) is 95.0 Å². The second-order valence-electron chi connectivity index (χ2n) is 8.81. The zero-order chi connectivity index (χ0) is 30.1. The van der Waals surface area contributed by atoms with Crippen LogP contribution < -0.4 is 19.5 Å². The van der Waals surface area contributed by atoms with Gasteiger partial charge in [-0.25, -0.2) is 0 Å². The van der Waals surface area contributed by atoms with E-state index in [0.29, 0.717) is 44.2 Å². The van der Waals surface area contributed by atoms with Gasteiger partial charge in [-0.1, -0.05) is 40.2 Å². The molecule has 0 saturated heterocycles. The summed E-state index contributed by atoms with van der Waals surface area (Å²) in [6.07, 6.45) is 1.46. The molecular formula is C31H23BrIN3O6. The first-order chi connectivity index (χ1) is 20.2. The Morgan fingerprint density at radius 2 is 1.74 bits per heavy atom. The van der Waals surface area contributed by atoms with Crippen LogP contribution in [0, 0.1) is 25.0 Å². The number of non-ortho nitro benzene ring substituents is 1. The summed E-state index contributed by atoms with van der Waals surface area (Å²) >= 11 is 5.47. The Bertz CT molecular complexity index is 1670. The molecular weight excluding hydrogens is 717 g/mol. The van der Waals surface area contributed by atoms with Gasteiger partial charge < -0.3 is 19.5 Å². The summed E-state index contributed by atoms with van der Waals surface area (Å²) in [6.45, 7) is 0.490. The molecule has 1 amide bonds. The highest BCUT2D eigenvalue weighted by Gasteiger charge is 2.15. The van der Waals surface area contributed by atoms with Gasteiger partial charge >= 0.3 is 0 Å². The largest absolute Gasteiger partial charge is 0.493 e. The fourth-order valence-electron chi connectivity index (χ4n) is 3.77. The number of ether oxygens (including phenoxy) is 3. The van der Waals surface area contributed by atoms with E-state index in [2.05, 4.69) is 43.8 Å². The number of carbonyl (C=O) groups excluding carboxylic acids is 1. The topological polar surface area (TPSA) is 124 Å². The van der Waals surface area contributed by atoms with Gasteiger partial charge in [0, 0.05) is 22.3 Å². The monoisotopic (exact) mass is 739 g/mol. The van der Waals surface area contributed by atoms with Gasteiger partial charge in [-0.2, -0.15) is 5.26 Å². The number of carbonyl (C=O) groups is 1. The van der Waals surface area contributed by atoms with Crippen molar-refractivity contribution in [3.63, 3.8) is 0 Å². The summed E-state index contributed by atoms with van der Waals surface area (Å²) in [4.78, 5) is 23.5. The van der Waals surface area contributed by atoms with Crippen LogP contribution in [0.25, 0.3) is 6.08 Å². The first-order valence-corrected chi connectivity index (χ1v) is 14.3. The number of benzene rings is 4. The van der Waals surface area contributed by atoms with E-state index in [1.165, 1.54) is 25.3 Å². The minimum Gasteiger partial charge on any atom is -0.493 e. The Morgan fingerprint density at radius 1 is 1.02 bits per heavy atom. The highest BCUT2D eigenvalue weighted by Crippen LogP contribution is 2.35. The van der Waals surface area contributed by atoms with Gasteiger partial charge in [-0.3, -0.25) is 14.9 Å². The Morgan fingerprint density at radius 3 is 2.40 bits per heavy atom. The average molecular weight is 740 g/mol. The number of nitro benzene ring substituents is 1. The molecule has 0 aromatic heterocycles. The predicted molar refractivity (Wildman–Crippen MR) is 170 cm³/mol. The maximum absolute atomic E-state index is 12.9. The molecule has 4 rings (SSSR count). The first-order valence-electron chi connectivity index (χ1n) is 12.4. The van der Waals surface area contributed by atoms with Crippen molar-refractivity contribution in [1.29, 1.82) is 5.26 Å². The van der Waals surface area contributed by atoms with Crippen LogP contribution in [0.3, 0.4) is 0 Å². The lowest BCUT2D eigenvalue weighted by Gasteiger charge is -2.14. The summed E-state index contributed by atoms with van der Waals surface area (Å²) in [6, 6.07) is 26.2. The van der Waals surface area contributed by atoms with Crippen molar-refractivity contribution < 1.29 is 23.9 Å². The summed E-state index contributed by atoms with van der Waals surface area (Å²) in [5.74, 6) is 0.893. The molecule has 4 aromatic carbocycles. The number of halogens is 2. The fourth-order valence-corrected chi connectivity index (χ4v) is 4.82. The minimum absolute atomic E-state index is 0.0264. The summed E-state index contributed by atoms with van der Waals surface area (Å²) in [5, 5.41) is 23.5. The second kappa shape index (κ2) is 14.5. The quantitative estimate of drug-likeness (QED) is 0.0551. The van der Waals surface area contributed by atoms with Gasteiger partial charge in [0.25, 0.3) is 11.6 Å². The van der Waals surface area contributed by atoms with Crippen molar-refractivity contribution >= 4 is 61.9 Å². The van der Waals surface area contributed by atoms with E-state index in [4.69, 9.17) is 14.2 Å². The van der Waals surface area contributed by atoms with Crippen molar-refractivity contribution in [2.45, 2.75) is 13.2 Å². The van der Waals surface area contributed by atoms with Gasteiger partial charge in [0.2, 0.25) is 0 Å². The molecule has 0 aliphatic heterocycles. The van der Waals surface area contributed by atoms with Crippen LogP contribution in [0.4, 0.5) is 11.4 Å². The number of nitriles is 1. The van der Waals surface area contributed by atoms with Gasteiger partial charge in [-0.05, 0) is 93.9 Å². The number of nitro groups is 1. The number of methoxy groups -OCH3 is 1. The normalized spacial score (nSPS) is 10.9. The maximum atomic E-state index is 12.9. The number of nitrogens with one attached hydrogen (secondary N) is 1. The molecule has 0 atom stereocenters. The lowest BCUT2D eigenvalue weighted by atomic mass is 10.1. The van der Waals surface area contributed by atoms with Crippen LogP contribution in [0.1, 0.15) is 16.7 Å². The average Bonchev–Trinajstić information content (AvgIpc) is 2.99. The van der Waals surface area contributed by atoms with Crippen LogP contribution in [-0.2, 0) is 18.0 Å². The lowest BCUT2D eigenvalue weighted by molar-refractivity contribution is -0.384. The number of nitrogens with zero attached hydrogens (tertiary/aromatic N) is 2. The molecule has 0 aliphatic carbocycles. The van der Waals surface area contributed by atoms with E-state index >= 15 is 0 Å². The molecule has 0 saturated carbocycles. The number of hydrogen-bond donors (Lipinski definition) is 1. The van der Waals surface area contributed by atoms with Crippen molar-refractivity contribution in [3.05, 3.63) is 125 Å². The first kappa shape index (κ1) is 30.5. The standard InChI is InChI=1S/C31H23BrIN3O6/c1-40-29-16-22(15-28(33)30(29)42-19-21-3-2-4-26(14-21)36(38)39)13-23(17-34)31(37)35-25-9-11-27(12-10-25)41-18-20-5-7-24(32)8-6-20/h2-16H,18-19H2,1H3,(H,35,37)/b23-13+. The van der Waals surface area contributed by atoms with Crippen molar-refractivity contribution in [2.24, 2.45) is 0 Å². The van der Waals surface area contributed by atoms with E-state index < -0.39 is 10.8 Å².